The summed E-state index contributed by atoms with van der Waals surface area (Å²) in [5.41, 5.74) is -0.0301. The summed E-state index contributed by atoms with van der Waals surface area (Å²) in [6.45, 7) is 0. The molecule has 2 heterocycles. The van der Waals surface area contributed by atoms with Gasteiger partial charge in [0.25, 0.3) is 0 Å². The molecule has 0 aliphatic carbocycles. The normalized spacial score (nSPS) is 8.57. The van der Waals surface area contributed by atoms with Gasteiger partial charge in [0.2, 0.25) is 0 Å². The van der Waals surface area contributed by atoms with E-state index in [1.807, 2.05) is 0 Å². The van der Waals surface area contributed by atoms with Gasteiger partial charge in [0.05, 0.1) is 6.33 Å². The van der Waals surface area contributed by atoms with Gasteiger partial charge in [-0.25, -0.2) is 9.78 Å². The monoisotopic (exact) mass is 192 g/mol. The van der Waals surface area contributed by atoms with Gasteiger partial charge in [-0.05, 0) is 12.1 Å². The third-order valence-corrected chi connectivity index (χ3v) is 1.20. The van der Waals surface area contributed by atoms with Gasteiger partial charge < -0.3 is 10.1 Å². The molecule has 0 saturated heterocycles. The lowest BCUT2D eigenvalue weighted by Gasteiger charge is -1.85. The maximum Gasteiger partial charge on any atom is 0.356 e. The number of rotatable bonds is 1. The van der Waals surface area contributed by atoms with Crippen molar-refractivity contribution in [3.8, 4) is 0 Å². The summed E-state index contributed by atoms with van der Waals surface area (Å²) >= 11 is 0. The van der Waals surface area contributed by atoms with Crippen LogP contribution >= 0.6 is 0 Å². The number of H-pyrrole nitrogens is 1. The second-order valence-electron chi connectivity index (χ2n) is 2.17. The van der Waals surface area contributed by atoms with Crippen LogP contribution in [0.25, 0.3) is 0 Å². The Bertz CT molecular complexity index is 343. The third-order valence-electron chi connectivity index (χ3n) is 1.20. The SMILES string of the molecule is O=C(O)c1cccnn1.c1c[nH]cn1. The van der Waals surface area contributed by atoms with Crippen LogP contribution in [0.5, 0.6) is 0 Å². The lowest BCUT2D eigenvalue weighted by molar-refractivity contribution is 0.0689. The predicted molar refractivity (Wildman–Crippen MR) is 47.6 cm³/mol. The smallest absolute Gasteiger partial charge is 0.356 e. The maximum atomic E-state index is 10.1. The van der Waals surface area contributed by atoms with E-state index in [4.69, 9.17) is 5.11 Å². The first-order valence-electron chi connectivity index (χ1n) is 3.74. The second-order valence-corrected chi connectivity index (χ2v) is 2.17. The van der Waals surface area contributed by atoms with Gasteiger partial charge >= 0.3 is 5.97 Å². The molecule has 0 atom stereocenters. The van der Waals surface area contributed by atoms with Crippen LogP contribution in [-0.2, 0) is 0 Å². The van der Waals surface area contributed by atoms with Crippen LogP contribution in [0.3, 0.4) is 0 Å². The van der Waals surface area contributed by atoms with E-state index in [9.17, 15) is 4.79 Å². The standard InChI is InChI=1S/C5H4N2O2.C3H4N2/c8-5(9)4-2-1-3-6-7-4;1-2-5-3-4-1/h1-3H,(H,8,9);1-3H,(H,4,5). The van der Waals surface area contributed by atoms with E-state index in [2.05, 4.69) is 20.2 Å². The predicted octanol–water partition coefficient (Wildman–Crippen LogP) is 0.584. The molecular formula is C8H8N4O2. The van der Waals surface area contributed by atoms with Crippen molar-refractivity contribution in [1.82, 2.24) is 20.2 Å². The summed E-state index contributed by atoms with van der Waals surface area (Å²) in [6.07, 6.45) is 6.51. The number of aromatic amines is 1. The first kappa shape index (κ1) is 9.85. The summed E-state index contributed by atoms with van der Waals surface area (Å²) in [5.74, 6) is -1.05. The third kappa shape index (κ3) is 3.44. The molecule has 2 N–H and O–H groups in total. The Kier molecular flexibility index (Phi) is 3.81. The van der Waals surface area contributed by atoms with Crippen molar-refractivity contribution < 1.29 is 9.90 Å². The second kappa shape index (κ2) is 5.41. The number of carboxylic acid groups (broad SMARTS) is 1. The largest absolute Gasteiger partial charge is 0.476 e. The average molecular weight is 192 g/mol. The molecule has 72 valence electrons. The fourth-order valence-electron chi connectivity index (χ4n) is 0.631. The number of nitrogens with one attached hydrogen (secondary N) is 1. The topological polar surface area (TPSA) is 91.8 Å². The molecule has 0 radical (unpaired) electrons. The lowest BCUT2D eigenvalue weighted by Crippen LogP contribution is -1.99. The highest BCUT2D eigenvalue weighted by atomic mass is 16.4. The molecule has 0 saturated carbocycles. The van der Waals surface area contributed by atoms with E-state index in [-0.39, 0.29) is 5.69 Å². The zero-order valence-electron chi connectivity index (χ0n) is 7.16. The minimum Gasteiger partial charge on any atom is -0.476 e. The molecule has 2 aromatic heterocycles. The summed E-state index contributed by atoms with van der Waals surface area (Å²) in [4.78, 5) is 16.5. The van der Waals surface area contributed by atoms with Crippen LogP contribution in [0.2, 0.25) is 0 Å². The van der Waals surface area contributed by atoms with E-state index in [0.29, 0.717) is 0 Å². The van der Waals surface area contributed by atoms with Gasteiger partial charge in [-0.15, -0.1) is 5.10 Å². The Morgan fingerprint density at radius 1 is 1.43 bits per heavy atom. The average Bonchev–Trinajstić information content (AvgIpc) is 2.77. The van der Waals surface area contributed by atoms with E-state index >= 15 is 0 Å². The van der Waals surface area contributed by atoms with Gasteiger partial charge in [-0.1, -0.05) is 0 Å². The number of imidazole rings is 1. The summed E-state index contributed by atoms with van der Waals surface area (Å²) in [6, 6.07) is 2.91. The number of aromatic carboxylic acids is 1. The van der Waals surface area contributed by atoms with E-state index < -0.39 is 5.97 Å². The van der Waals surface area contributed by atoms with Gasteiger partial charge in [-0.3, -0.25) is 0 Å². The molecule has 2 aromatic rings. The Hall–Kier alpha value is -2.24. The molecule has 0 fully saturated rings. The molecule has 14 heavy (non-hydrogen) atoms. The molecule has 0 amide bonds. The molecule has 2 rings (SSSR count). The molecule has 0 spiro atoms. The van der Waals surface area contributed by atoms with Crippen molar-refractivity contribution in [2.24, 2.45) is 0 Å². The van der Waals surface area contributed by atoms with Crippen molar-refractivity contribution in [3.05, 3.63) is 42.7 Å². The highest BCUT2D eigenvalue weighted by Gasteiger charge is 2.00. The van der Waals surface area contributed by atoms with E-state index in [1.165, 1.54) is 18.3 Å². The molecule has 0 aromatic carbocycles. The fraction of sp³-hybridized carbons (Fsp3) is 0. The summed E-state index contributed by atoms with van der Waals surface area (Å²) in [5, 5.41) is 15.0. The van der Waals surface area contributed by atoms with Gasteiger partial charge in [0.15, 0.2) is 5.69 Å². The Morgan fingerprint density at radius 3 is 2.57 bits per heavy atom. The van der Waals surface area contributed by atoms with Crippen molar-refractivity contribution >= 4 is 5.97 Å². The molecular weight excluding hydrogens is 184 g/mol. The van der Waals surface area contributed by atoms with Crippen LogP contribution in [0.1, 0.15) is 10.5 Å². The molecule has 6 nitrogen and oxygen atoms in total. The number of carboxylic acids is 1. The number of aromatic nitrogens is 4. The molecule has 0 unspecified atom stereocenters. The summed E-state index contributed by atoms with van der Waals surface area (Å²) < 4.78 is 0. The van der Waals surface area contributed by atoms with E-state index in [1.54, 1.807) is 18.7 Å². The van der Waals surface area contributed by atoms with Crippen LogP contribution in [0.15, 0.2) is 37.1 Å². The van der Waals surface area contributed by atoms with Gasteiger partial charge in [-0.2, -0.15) is 5.10 Å². The van der Waals surface area contributed by atoms with Gasteiger partial charge in [0, 0.05) is 18.6 Å². The van der Waals surface area contributed by atoms with Crippen molar-refractivity contribution in [2.75, 3.05) is 0 Å². The lowest BCUT2D eigenvalue weighted by atomic mass is 10.4. The quantitative estimate of drug-likeness (QED) is 0.689. The molecule has 6 heteroatoms. The number of hydrogen-bond acceptors (Lipinski definition) is 4. The van der Waals surface area contributed by atoms with Crippen molar-refractivity contribution in [2.45, 2.75) is 0 Å². The van der Waals surface area contributed by atoms with Crippen LogP contribution in [0.4, 0.5) is 0 Å². The number of carbonyl (C=O) groups is 1. The Morgan fingerprint density at radius 2 is 2.29 bits per heavy atom. The highest BCUT2D eigenvalue weighted by molar-refractivity contribution is 5.84. The number of nitrogens with zero attached hydrogens (tertiary/aromatic N) is 3. The molecule has 0 bridgehead atoms. The highest BCUT2D eigenvalue weighted by Crippen LogP contribution is 1.87. The minimum atomic E-state index is -1.05. The first-order valence-corrected chi connectivity index (χ1v) is 3.74. The van der Waals surface area contributed by atoms with E-state index in [0.717, 1.165) is 0 Å². The molecule has 0 aliphatic rings. The van der Waals surface area contributed by atoms with Crippen LogP contribution < -0.4 is 0 Å². The molecule has 0 aliphatic heterocycles. The zero-order valence-corrected chi connectivity index (χ0v) is 7.16. The fourth-order valence-corrected chi connectivity index (χ4v) is 0.631. The summed E-state index contributed by atoms with van der Waals surface area (Å²) in [7, 11) is 0. The van der Waals surface area contributed by atoms with Crippen molar-refractivity contribution in [3.63, 3.8) is 0 Å². The Balaban J connectivity index is 0.000000165. The zero-order chi connectivity index (χ0) is 10.2. The van der Waals surface area contributed by atoms with Crippen LogP contribution in [0, 0.1) is 0 Å². The van der Waals surface area contributed by atoms with Crippen molar-refractivity contribution in [1.29, 1.82) is 0 Å². The Labute approximate surface area is 79.7 Å². The van der Waals surface area contributed by atoms with Crippen LogP contribution in [-0.4, -0.2) is 31.2 Å². The maximum absolute atomic E-state index is 10.1. The first-order chi connectivity index (χ1) is 6.80. The number of hydrogen-bond donors (Lipinski definition) is 2. The van der Waals surface area contributed by atoms with Gasteiger partial charge in [0.1, 0.15) is 0 Å². The minimum absolute atomic E-state index is 0.0301.